The van der Waals surface area contributed by atoms with Crippen LogP contribution in [0.5, 0.6) is 0 Å². The Morgan fingerprint density at radius 1 is 1.19 bits per heavy atom. The zero-order valence-electron chi connectivity index (χ0n) is 17.7. The standard InChI is InChI=1S/C21H23N5O2S.C2H2/c1-14-10-25(13-22-14)16-4-5-17-18(27)24(8-9-26(17)19(16)28)11-15-12-29-20(23-15)21(2)6-3-7-21;1-2/h4-5,10,12-13H,3,6-9,11H2,1-2H3;1-2H. The predicted octanol–water partition coefficient (Wildman–Crippen LogP) is 3.15. The Kier molecular flexibility index (Phi) is 5.54. The quantitative estimate of drug-likeness (QED) is 0.590. The highest BCUT2D eigenvalue weighted by molar-refractivity contribution is 7.09. The summed E-state index contributed by atoms with van der Waals surface area (Å²) >= 11 is 1.70. The summed E-state index contributed by atoms with van der Waals surface area (Å²) in [5, 5.41) is 3.25. The Balaban J connectivity index is 0.00000112. The van der Waals surface area contributed by atoms with Gasteiger partial charge in [-0.3, -0.25) is 9.59 Å². The maximum atomic E-state index is 13.0. The number of aromatic nitrogens is 4. The van der Waals surface area contributed by atoms with Gasteiger partial charge in [0.2, 0.25) is 0 Å². The van der Waals surface area contributed by atoms with E-state index in [0.29, 0.717) is 31.0 Å². The number of imidazole rings is 1. The molecule has 1 amide bonds. The zero-order chi connectivity index (χ0) is 22.2. The largest absolute Gasteiger partial charge is 0.330 e. The molecule has 0 saturated heterocycles. The fourth-order valence-corrected chi connectivity index (χ4v) is 5.17. The van der Waals surface area contributed by atoms with Crippen LogP contribution in [0.1, 0.15) is 53.1 Å². The first-order chi connectivity index (χ1) is 14.9. The van der Waals surface area contributed by atoms with E-state index in [1.807, 2.05) is 13.1 Å². The normalized spacial score (nSPS) is 16.8. The molecule has 0 atom stereocenters. The first kappa shape index (κ1) is 21.1. The van der Waals surface area contributed by atoms with Crippen molar-refractivity contribution < 1.29 is 4.79 Å². The van der Waals surface area contributed by atoms with Crippen molar-refractivity contribution in [3.05, 3.63) is 62.5 Å². The van der Waals surface area contributed by atoms with Gasteiger partial charge in [-0.1, -0.05) is 13.3 Å². The maximum Gasteiger partial charge on any atom is 0.275 e. The molecule has 8 heteroatoms. The topological polar surface area (TPSA) is 73.0 Å². The zero-order valence-corrected chi connectivity index (χ0v) is 18.6. The van der Waals surface area contributed by atoms with Gasteiger partial charge in [0.05, 0.1) is 29.3 Å². The number of amides is 1. The van der Waals surface area contributed by atoms with Crippen molar-refractivity contribution in [2.24, 2.45) is 0 Å². The van der Waals surface area contributed by atoms with Crippen LogP contribution in [-0.2, 0) is 18.5 Å². The van der Waals surface area contributed by atoms with Crippen LogP contribution < -0.4 is 5.56 Å². The van der Waals surface area contributed by atoms with Gasteiger partial charge in [-0.2, -0.15) is 0 Å². The van der Waals surface area contributed by atoms with Gasteiger partial charge in [0.25, 0.3) is 11.5 Å². The molecule has 160 valence electrons. The number of carbonyl (C=O) groups is 1. The monoisotopic (exact) mass is 435 g/mol. The van der Waals surface area contributed by atoms with Crippen LogP contribution in [0.25, 0.3) is 5.69 Å². The first-order valence-corrected chi connectivity index (χ1v) is 11.1. The second-order valence-electron chi connectivity index (χ2n) is 8.27. The molecule has 4 heterocycles. The average molecular weight is 436 g/mol. The van der Waals surface area contributed by atoms with E-state index in [1.165, 1.54) is 24.3 Å². The summed E-state index contributed by atoms with van der Waals surface area (Å²) in [5.41, 5.74) is 2.77. The van der Waals surface area contributed by atoms with Gasteiger partial charge < -0.3 is 14.0 Å². The van der Waals surface area contributed by atoms with Gasteiger partial charge in [0, 0.05) is 30.1 Å². The molecule has 31 heavy (non-hydrogen) atoms. The van der Waals surface area contributed by atoms with Crippen LogP contribution in [0.15, 0.2) is 34.8 Å². The molecule has 0 bridgehead atoms. The molecule has 1 saturated carbocycles. The number of hydrogen-bond donors (Lipinski definition) is 0. The maximum absolute atomic E-state index is 13.0. The smallest absolute Gasteiger partial charge is 0.275 e. The highest BCUT2D eigenvalue weighted by Gasteiger charge is 2.36. The highest BCUT2D eigenvalue weighted by Crippen LogP contribution is 2.44. The minimum Gasteiger partial charge on any atom is -0.330 e. The van der Waals surface area contributed by atoms with Crippen molar-refractivity contribution in [3.63, 3.8) is 0 Å². The predicted molar refractivity (Wildman–Crippen MR) is 121 cm³/mol. The van der Waals surface area contributed by atoms with Gasteiger partial charge in [-0.05, 0) is 31.9 Å². The third kappa shape index (κ3) is 3.70. The van der Waals surface area contributed by atoms with Crippen molar-refractivity contribution in [1.82, 2.24) is 24.0 Å². The molecule has 0 spiro atoms. The molecule has 1 aliphatic heterocycles. The fraction of sp³-hybridized carbons (Fsp3) is 0.391. The van der Waals surface area contributed by atoms with E-state index < -0.39 is 0 Å². The number of fused-ring (bicyclic) bond motifs is 1. The highest BCUT2D eigenvalue weighted by atomic mass is 32.1. The van der Waals surface area contributed by atoms with Crippen LogP contribution in [0.4, 0.5) is 0 Å². The number of terminal acetylenes is 1. The molecular weight excluding hydrogens is 410 g/mol. The SMILES string of the molecule is C#C.Cc1cn(-c2ccc3n(c2=O)CCN(Cc2csc(C4(C)CCC4)n2)C3=O)cn1. The summed E-state index contributed by atoms with van der Waals surface area (Å²) in [5.74, 6) is -0.119. The summed E-state index contributed by atoms with van der Waals surface area (Å²) in [7, 11) is 0. The molecule has 3 aromatic rings. The summed E-state index contributed by atoms with van der Waals surface area (Å²) < 4.78 is 3.28. The number of carbonyl (C=O) groups excluding carboxylic acids is 1. The van der Waals surface area contributed by atoms with Crippen molar-refractivity contribution >= 4 is 17.2 Å². The minimum atomic E-state index is -0.165. The second-order valence-corrected chi connectivity index (χ2v) is 9.13. The second kappa shape index (κ2) is 8.16. The van der Waals surface area contributed by atoms with E-state index in [2.05, 4.69) is 30.1 Å². The molecule has 0 N–H and O–H groups in total. The minimum absolute atomic E-state index is 0.119. The van der Waals surface area contributed by atoms with Gasteiger partial charge >= 0.3 is 0 Å². The number of aryl methyl sites for hydroxylation is 1. The summed E-state index contributed by atoms with van der Waals surface area (Å²) in [4.78, 5) is 36.7. The van der Waals surface area contributed by atoms with E-state index in [-0.39, 0.29) is 16.9 Å². The summed E-state index contributed by atoms with van der Waals surface area (Å²) in [6.07, 6.45) is 15.1. The van der Waals surface area contributed by atoms with E-state index in [4.69, 9.17) is 4.98 Å². The number of pyridine rings is 1. The Hall–Kier alpha value is -3.18. The van der Waals surface area contributed by atoms with Crippen LogP contribution >= 0.6 is 11.3 Å². The molecule has 0 radical (unpaired) electrons. The van der Waals surface area contributed by atoms with E-state index >= 15 is 0 Å². The van der Waals surface area contributed by atoms with Crippen molar-refractivity contribution in [3.8, 4) is 18.5 Å². The first-order valence-electron chi connectivity index (χ1n) is 10.3. The van der Waals surface area contributed by atoms with Gasteiger partial charge in [0.1, 0.15) is 11.4 Å². The summed E-state index contributed by atoms with van der Waals surface area (Å²) in [6, 6.07) is 3.44. The third-order valence-corrected chi connectivity index (χ3v) is 7.32. The number of thiazole rings is 1. The lowest BCUT2D eigenvalue weighted by Gasteiger charge is -2.36. The third-order valence-electron chi connectivity index (χ3n) is 6.12. The Morgan fingerprint density at radius 2 is 1.97 bits per heavy atom. The lowest BCUT2D eigenvalue weighted by atomic mass is 9.71. The summed E-state index contributed by atoms with van der Waals surface area (Å²) in [6.45, 7) is 5.62. The van der Waals surface area contributed by atoms with E-state index in [9.17, 15) is 9.59 Å². The molecule has 0 unspecified atom stereocenters. The van der Waals surface area contributed by atoms with Crippen molar-refractivity contribution in [1.29, 1.82) is 0 Å². The van der Waals surface area contributed by atoms with Crippen LogP contribution in [-0.4, -0.2) is 36.5 Å². The number of rotatable bonds is 4. The molecule has 2 aliphatic rings. The van der Waals surface area contributed by atoms with Crippen molar-refractivity contribution in [2.45, 2.75) is 51.6 Å². The molecular formula is C23H25N5O2S. The molecule has 0 aromatic carbocycles. The molecule has 1 aliphatic carbocycles. The van der Waals surface area contributed by atoms with Gasteiger partial charge in [-0.15, -0.1) is 24.2 Å². The van der Waals surface area contributed by atoms with E-state index in [1.54, 1.807) is 43.8 Å². The fourth-order valence-electron chi connectivity index (χ4n) is 4.13. The van der Waals surface area contributed by atoms with Crippen LogP contribution in [0.3, 0.4) is 0 Å². The average Bonchev–Trinajstić information content (AvgIpc) is 3.39. The molecule has 3 aromatic heterocycles. The lowest BCUT2D eigenvalue weighted by molar-refractivity contribution is 0.0684. The number of nitrogens with zero attached hydrogens (tertiary/aromatic N) is 5. The van der Waals surface area contributed by atoms with E-state index in [0.717, 1.165) is 11.4 Å². The van der Waals surface area contributed by atoms with Crippen LogP contribution in [0.2, 0.25) is 0 Å². The van der Waals surface area contributed by atoms with Gasteiger partial charge in [0.15, 0.2) is 0 Å². The molecule has 1 fully saturated rings. The van der Waals surface area contributed by atoms with Crippen LogP contribution in [0, 0.1) is 19.8 Å². The Labute approximate surface area is 185 Å². The van der Waals surface area contributed by atoms with Crippen molar-refractivity contribution in [2.75, 3.05) is 6.54 Å². The molecule has 7 nitrogen and oxygen atoms in total. The van der Waals surface area contributed by atoms with Gasteiger partial charge in [-0.25, -0.2) is 9.97 Å². The lowest BCUT2D eigenvalue weighted by Crippen LogP contribution is -2.44. The number of hydrogen-bond acceptors (Lipinski definition) is 5. The Morgan fingerprint density at radius 3 is 2.61 bits per heavy atom. The Bertz CT molecular complexity index is 1200. The molecule has 5 rings (SSSR count).